The second-order valence-corrected chi connectivity index (χ2v) is 9.44. The zero-order valence-electron chi connectivity index (χ0n) is 19.8. The lowest BCUT2D eigenvalue weighted by atomic mass is 9.99. The molecule has 0 bridgehead atoms. The van der Waals surface area contributed by atoms with Gasteiger partial charge in [0.15, 0.2) is 0 Å². The Morgan fingerprint density at radius 2 is 1.56 bits per heavy atom. The van der Waals surface area contributed by atoms with Gasteiger partial charge in [-0.05, 0) is 29.9 Å². The number of rotatable bonds is 15. The van der Waals surface area contributed by atoms with Gasteiger partial charge >= 0.3 is 5.97 Å². The average Bonchev–Trinajstić information content (AvgIpc) is 2.83. The van der Waals surface area contributed by atoms with Gasteiger partial charge in [0.25, 0.3) is 0 Å². The van der Waals surface area contributed by atoms with E-state index in [0.717, 1.165) is 5.56 Å². The molecule has 5 atom stereocenters. The maximum atomic E-state index is 12.9. The molecule has 0 radical (unpaired) electrons. The number of thioether (sulfide) groups is 1. The average molecular weight is 513 g/mol. The van der Waals surface area contributed by atoms with Crippen LogP contribution in [0.3, 0.4) is 0 Å². The molecule has 0 aliphatic heterocycles. The Labute approximate surface area is 210 Å². The van der Waals surface area contributed by atoms with Crippen molar-refractivity contribution < 1.29 is 24.3 Å². The topological polar surface area (TPSA) is 151 Å². The van der Waals surface area contributed by atoms with E-state index in [-0.39, 0.29) is 24.5 Å². The van der Waals surface area contributed by atoms with Crippen LogP contribution in [0.2, 0.25) is 0 Å². The van der Waals surface area contributed by atoms with Crippen LogP contribution >= 0.6 is 24.4 Å². The molecule has 11 heteroatoms. The van der Waals surface area contributed by atoms with Gasteiger partial charge in [-0.1, -0.05) is 50.6 Å². The summed E-state index contributed by atoms with van der Waals surface area (Å²) in [5.41, 5.74) is 6.70. The largest absolute Gasteiger partial charge is 0.480 e. The molecular weight excluding hydrogens is 476 g/mol. The molecule has 0 fully saturated rings. The lowest BCUT2D eigenvalue weighted by molar-refractivity contribution is -0.142. The molecule has 0 spiro atoms. The number of amides is 3. The minimum atomic E-state index is -1.17. The maximum Gasteiger partial charge on any atom is 0.326 e. The van der Waals surface area contributed by atoms with E-state index in [2.05, 4.69) is 28.6 Å². The van der Waals surface area contributed by atoms with Crippen molar-refractivity contribution in [3.63, 3.8) is 0 Å². The third kappa shape index (κ3) is 9.94. The molecule has 0 aliphatic carbocycles. The van der Waals surface area contributed by atoms with Gasteiger partial charge < -0.3 is 26.8 Å². The summed E-state index contributed by atoms with van der Waals surface area (Å²) < 4.78 is 0. The van der Waals surface area contributed by atoms with Crippen LogP contribution in [0, 0.1) is 5.92 Å². The summed E-state index contributed by atoms with van der Waals surface area (Å²) in [6.07, 6.45) is 2.96. The summed E-state index contributed by atoms with van der Waals surface area (Å²) >= 11 is 5.64. The Morgan fingerprint density at radius 1 is 1.00 bits per heavy atom. The molecule has 1 rings (SSSR count). The van der Waals surface area contributed by atoms with E-state index in [9.17, 15) is 24.3 Å². The Balaban J connectivity index is 2.88. The summed E-state index contributed by atoms with van der Waals surface area (Å²) in [7, 11) is 0. The number of hydrogen-bond donors (Lipinski definition) is 6. The van der Waals surface area contributed by atoms with Gasteiger partial charge in [0.2, 0.25) is 17.7 Å². The highest BCUT2D eigenvalue weighted by Gasteiger charge is 2.30. The van der Waals surface area contributed by atoms with Crippen LogP contribution in [0.25, 0.3) is 0 Å². The van der Waals surface area contributed by atoms with Crippen LogP contribution in [-0.2, 0) is 25.6 Å². The highest BCUT2D eigenvalue weighted by atomic mass is 32.2. The number of nitrogens with one attached hydrogen (secondary N) is 3. The zero-order chi connectivity index (χ0) is 25.7. The third-order valence-electron chi connectivity index (χ3n) is 5.52. The molecule has 0 aromatic heterocycles. The molecule has 3 amide bonds. The summed E-state index contributed by atoms with van der Waals surface area (Å²) in [5, 5.41) is 17.3. The van der Waals surface area contributed by atoms with Crippen LogP contribution < -0.4 is 21.7 Å². The first-order chi connectivity index (χ1) is 16.1. The summed E-state index contributed by atoms with van der Waals surface area (Å²) in [6.45, 7) is 3.76. The van der Waals surface area contributed by atoms with E-state index in [1.54, 1.807) is 24.3 Å². The highest BCUT2D eigenvalue weighted by molar-refractivity contribution is 7.98. The predicted molar refractivity (Wildman–Crippen MR) is 138 cm³/mol. The first kappa shape index (κ1) is 29.8. The summed E-state index contributed by atoms with van der Waals surface area (Å²) in [5.74, 6) is -2.34. The van der Waals surface area contributed by atoms with E-state index in [0.29, 0.717) is 12.2 Å². The number of benzene rings is 1. The molecule has 190 valence electrons. The van der Waals surface area contributed by atoms with Gasteiger partial charge in [-0.2, -0.15) is 24.4 Å². The smallest absolute Gasteiger partial charge is 0.326 e. The van der Waals surface area contributed by atoms with Gasteiger partial charge in [0.05, 0.1) is 6.04 Å². The molecule has 34 heavy (non-hydrogen) atoms. The first-order valence-electron chi connectivity index (χ1n) is 11.2. The number of aliphatic carboxylic acids is 1. The fourth-order valence-electron chi connectivity index (χ4n) is 3.07. The van der Waals surface area contributed by atoms with Crippen LogP contribution in [0.1, 0.15) is 32.3 Å². The standard InChI is InChI=1S/C23H36N4O5S2/c1-4-14(2)19(24)22(30)27-18(13-33)21(29)25-16(10-11-34-3)20(28)26-17(23(31)32)12-15-8-6-5-7-9-15/h5-9,14,16-19,33H,4,10-13,24H2,1-3H3,(H,25,29)(H,26,28)(H,27,30)(H,31,32). The van der Waals surface area contributed by atoms with Gasteiger partial charge in [0.1, 0.15) is 18.1 Å². The van der Waals surface area contributed by atoms with Crippen LogP contribution in [0.15, 0.2) is 30.3 Å². The quantitative estimate of drug-likeness (QED) is 0.190. The minimum Gasteiger partial charge on any atom is -0.480 e. The molecule has 0 saturated heterocycles. The van der Waals surface area contributed by atoms with Crippen LogP contribution in [-0.4, -0.2) is 70.7 Å². The van der Waals surface area contributed by atoms with Crippen molar-refractivity contribution in [2.75, 3.05) is 17.8 Å². The SMILES string of the molecule is CCC(C)C(N)C(=O)NC(CS)C(=O)NC(CCSC)C(=O)NC(Cc1ccccc1)C(=O)O. The normalized spacial score (nSPS) is 15.3. The molecule has 5 unspecified atom stereocenters. The Morgan fingerprint density at radius 3 is 2.09 bits per heavy atom. The summed E-state index contributed by atoms with van der Waals surface area (Å²) in [4.78, 5) is 49.9. The number of carbonyl (C=O) groups excluding carboxylic acids is 3. The second-order valence-electron chi connectivity index (χ2n) is 8.09. The van der Waals surface area contributed by atoms with Gasteiger partial charge in [-0.15, -0.1) is 0 Å². The monoisotopic (exact) mass is 512 g/mol. The molecule has 1 aromatic carbocycles. The number of hydrogen-bond acceptors (Lipinski definition) is 7. The third-order valence-corrected chi connectivity index (χ3v) is 6.53. The van der Waals surface area contributed by atoms with Crippen molar-refractivity contribution in [1.29, 1.82) is 0 Å². The van der Waals surface area contributed by atoms with Gasteiger partial charge in [-0.25, -0.2) is 4.79 Å². The Hall–Kier alpha value is -2.24. The van der Waals surface area contributed by atoms with Crippen molar-refractivity contribution >= 4 is 48.1 Å². The number of nitrogens with two attached hydrogens (primary N) is 1. The number of carbonyl (C=O) groups is 4. The zero-order valence-corrected chi connectivity index (χ0v) is 21.5. The number of carboxylic acid groups (broad SMARTS) is 1. The van der Waals surface area contributed by atoms with E-state index >= 15 is 0 Å². The second kappa shape index (κ2) is 15.6. The molecular formula is C23H36N4O5S2. The van der Waals surface area contributed by atoms with E-state index in [1.807, 2.05) is 26.2 Å². The molecule has 0 saturated carbocycles. The van der Waals surface area contributed by atoms with E-state index < -0.39 is 47.9 Å². The van der Waals surface area contributed by atoms with Gasteiger partial charge in [-0.3, -0.25) is 14.4 Å². The Kier molecular flexibility index (Phi) is 13.7. The van der Waals surface area contributed by atoms with Crippen LogP contribution in [0.4, 0.5) is 0 Å². The Bertz CT molecular complexity index is 812. The highest BCUT2D eigenvalue weighted by Crippen LogP contribution is 2.08. The number of carboxylic acids is 1. The van der Waals surface area contributed by atoms with E-state index in [4.69, 9.17) is 5.73 Å². The van der Waals surface area contributed by atoms with Crippen molar-refractivity contribution in [1.82, 2.24) is 16.0 Å². The van der Waals surface area contributed by atoms with Gasteiger partial charge in [0, 0.05) is 12.2 Å². The van der Waals surface area contributed by atoms with Crippen molar-refractivity contribution in [2.24, 2.45) is 11.7 Å². The lowest BCUT2D eigenvalue weighted by Gasteiger charge is -2.25. The molecule has 6 N–H and O–H groups in total. The molecule has 0 heterocycles. The minimum absolute atomic E-state index is 0.00737. The van der Waals surface area contributed by atoms with E-state index in [1.165, 1.54) is 11.8 Å². The predicted octanol–water partition coefficient (Wildman–Crippen LogP) is 0.824. The molecule has 0 aliphatic rings. The first-order valence-corrected chi connectivity index (χ1v) is 13.2. The van der Waals surface area contributed by atoms with Crippen molar-refractivity contribution in [3.05, 3.63) is 35.9 Å². The van der Waals surface area contributed by atoms with Crippen LogP contribution in [0.5, 0.6) is 0 Å². The fraction of sp³-hybridized carbons (Fsp3) is 0.565. The molecule has 9 nitrogen and oxygen atoms in total. The van der Waals surface area contributed by atoms with Crippen molar-refractivity contribution in [2.45, 2.75) is 57.3 Å². The summed E-state index contributed by atoms with van der Waals surface area (Å²) in [6, 6.07) is 5.06. The maximum absolute atomic E-state index is 12.9. The van der Waals surface area contributed by atoms with Crippen molar-refractivity contribution in [3.8, 4) is 0 Å². The fourth-order valence-corrected chi connectivity index (χ4v) is 3.80. The number of thiol groups is 1. The molecule has 1 aromatic rings. The lowest BCUT2D eigenvalue weighted by Crippen LogP contribution is -2.58.